The fourth-order valence-electron chi connectivity index (χ4n) is 2.94. The SMILES string of the molecule is Cl.NCc1ccc(C(=O)N2CCCC2C(=O)NCc2ccco2)cc1. The number of likely N-dealkylation sites (tertiary alicyclic amines) is 1. The van der Waals surface area contributed by atoms with E-state index in [1.54, 1.807) is 35.4 Å². The Hall–Kier alpha value is -2.31. The molecule has 1 saturated heterocycles. The minimum absolute atomic E-state index is 0. The number of halogens is 1. The molecule has 0 bridgehead atoms. The number of benzene rings is 1. The summed E-state index contributed by atoms with van der Waals surface area (Å²) in [6.07, 6.45) is 3.07. The van der Waals surface area contributed by atoms with Crippen molar-refractivity contribution in [2.75, 3.05) is 6.54 Å². The Morgan fingerprint density at radius 3 is 2.64 bits per heavy atom. The second kappa shape index (κ2) is 8.69. The highest BCUT2D eigenvalue weighted by Crippen LogP contribution is 2.21. The van der Waals surface area contributed by atoms with Gasteiger partial charge in [0, 0.05) is 18.7 Å². The van der Waals surface area contributed by atoms with Gasteiger partial charge in [0.05, 0.1) is 12.8 Å². The molecular formula is C18H22ClN3O3. The summed E-state index contributed by atoms with van der Waals surface area (Å²) in [6, 6.07) is 10.4. The fourth-order valence-corrected chi connectivity index (χ4v) is 2.94. The van der Waals surface area contributed by atoms with Gasteiger partial charge >= 0.3 is 0 Å². The largest absolute Gasteiger partial charge is 0.467 e. The highest BCUT2D eigenvalue weighted by Gasteiger charge is 2.34. The Morgan fingerprint density at radius 2 is 2.00 bits per heavy atom. The van der Waals surface area contributed by atoms with E-state index in [0.29, 0.717) is 37.4 Å². The second-order valence-electron chi connectivity index (χ2n) is 5.85. The molecule has 0 radical (unpaired) electrons. The van der Waals surface area contributed by atoms with Gasteiger partial charge in [-0.2, -0.15) is 0 Å². The van der Waals surface area contributed by atoms with Crippen molar-refractivity contribution < 1.29 is 14.0 Å². The van der Waals surface area contributed by atoms with E-state index in [0.717, 1.165) is 12.0 Å². The lowest BCUT2D eigenvalue weighted by Gasteiger charge is -2.24. The summed E-state index contributed by atoms with van der Waals surface area (Å²) in [4.78, 5) is 26.8. The Morgan fingerprint density at radius 1 is 1.24 bits per heavy atom. The summed E-state index contributed by atoms with van der Waals surface area (Å²) in [7, 11) is 0. The molecule has 134 valence electrons. The zero-order valence-electron chi connectivity index (χ0n) is 13.8. The average molecular weight is 364 g/mol. The van der Waals surface area contributed by atoms with E-state index in [1.165, 1.54) is 0 Å². The van der Waals surface area contributed by atoms with Gasteiger partial charge in [-0.3, -0.25) is 9.59 Å². The van der Waals surface area contributed by atoms with Crippen LogP contribution >= 0.6 is 12.4 Å². The van der Waals surface area contributed by atoms with E-state index >= 15 is 0 Å². The number of amides is 2. The van der Waals surface area contributed by atoms with Crippen LogP contribution in [-0.2, 0) is 17.9 Å². The molecule has 0 spiro atoms. The number of carbonyl (C=O) groups excluding carboxylic acids is 2. The molecule has 1 aromatic heterocycles. The number of nitrogens with zero attached hydrogens (tertiary/aromatic N) is 1. The van der Waals surface area contributed by atoms with Crippen molar-refractivity contribution in [3.8, 4) is 0 Å². The predicted molar refractivity (Wildman–Crippen MR) is 96.2 cm³/mol. The van der Waals surface area contributed by atoms with Crippen LogP contribution in [0, 0.1) is 0 Å². The lowest BCUT2D eigenvalue weighted by molar-refractivity contribution is -0.125. The minimum Gasteiger partial charge on any atom is -0.467 e. The zero-order valence-corrected chi connectivity index (χ0v) is 14.6. The first kappa shape index (κ1) is 19.0. The van der Waals surface area contributed by atoms with Crippen molar-refractivity contribution >= 4 is 24.2 Å². The number of nitrogens with two attached hydrogens (primary N) is 1. The molecule has 2 heterocycles. The molecule has 6 nitrogen and oxygen atoms in total. The van der Waals surface area contributed by atoms with E-state index in [9.17, 15) is 9.59 Å². The van der Waals surface area contributed by atoms with Crippen molar-refractivity contribution in [1.29, 1.82) is 0 Å². The Bertz CT molecular complexity index is 701. The quantitative estimate of drug-likeness (QED) is 0.851. The van der Waals surface area contributed by atoms with Gasteiger partial charge in [-0.1, -0.05) is 12.1 Å². The number of hydrogen-bond acceptors (Lipinski definition) is 4. The summed E-state index contributed by atoms with van der Waals surface area (Å²) >= 11 is 0. The summed E-state index contributed by atoms with van der Waals surface area (Å²) in [6.45, 7) is 1.36. The Balaban J connectivity index is 0.00000225. The summed E-state index contributed by atoms with van der Waals surface area (Å²) in [5, 5.41) is 2.84. The van der Waals surface area contributed by atoms with E-state index in [-0.39, 0.29) is 24.2 Å². The van der Waals surface area contributed by atoms with Crippen LogP contribution in [0.25, 0.3) is 0 Å². The second-order valence-corrected chi connectivity index (χ2v) is 5.85. The number of furan rings is 1. The number of carbonyl (C=O) groups is 2. The van der Waals surface area contributed by atoms with Gasteiger partial charge in [-0.15, -0.1) is 12.4 Å². The summed E-state index contributed by atoms with van der Waals surface area (Å²) < 4.78 is 5.21. The summed E-state index contributed by atoms with van der Waals surface area (Å²) in [5.74, 6) is 0.432. The molecule has 1 atom stereocenters. The molecule has 25 heavy (non-hydrogen) atoms. The van der Waals surface area contributed by atoms with Crippen LogP contribution in [0.5, 0.6) is 0 Å². The van der Waals surface area contributed by atoms with Crippen LogP contribution in [0.3, 0.4) is 0 Å². The summed E-state index contributed by atoms with van der Waals surface area (Å²) in [5.41, 5.74) is 7.13. The number of rotatable bonds is 5. The van der Waals surface area contributed by atoms with Crippen molar-refractivity contribution in [2.24, 2.45) is 5.73 Å². The number of nitrogens with one attached hydrogen (secondary N) is 1. The van der Waals surface area contributed by atoms with E-state index < -0.39 is 6.04 Å². The van der Waals surface area contributed by atoms with Gasteiger partial charge < -0.3 is 20.4 Å². The van der Waals surface area contributed by atoms with E-state index in [1.807, 2.05) is 12.1 Å². The highest BCUT2D eigenvalue weighted by molar-refractivity contribution is 5.98. The third-order valence-corrected chi connectivity index (χ3v) is 4.27. The molecule has 3 N–H and O–H groups in total. The van der Waals surface area contributed by atoms with Crippen molar-refractivity contribution in [2.45, 2.75) is 32.0 Å². The maximum atomic E-state index is 12.7. The molecule has 1 aromatic carbocycles. The monoisotopic (exact) mass is 363 g/mol. The minimum atomic E-state index is -0.429. The lowest BCUT2D eigenvalue weighted by Crippen LogP contribution is -2.45. The first-order valence-electron chi connectivity index (χ1n) is 8.09. The average Bonchev–Trinajstić information content (AvgIpc) is 3.30. The lowest BCUT2D eigenvalue weighted by atomic mass is 10.1. The van der Waals surface area contributed by atoms with Crippen LogP contribution in [0.15, 0.2) is 47.1 Å². The van der Waals surface area contributed by atoms with Gasteiger partial charge in [0.1, 0.15) is 11.8 Å². The van der Waals surface area contributed by atoms with Crippen LogP contribution < -0.4 is 11.1 Å². The first-order valence-corrected chi connectivity index (χ1v) is 8.09. The maximum Gasteiger partial charge on any atom is 0.254 e. The fraction of sp³-hybridized carbons (Fsp3) is 0.333. The van der Waals surface area contributed by atoms with Crippen LogP contribution in [-0.4, -0.2) is 29.3 Å². The standard InChI is InChI=1S/C18H21N3O3.ClH/c19-11-13-5-7-14(8-6-13)18(23)21-9-1-4-16(21)17(22)20-12-15-3-2-10-24-15;/h2-3,5-8,10,16H,1,4,9,11-12,19H2,(H,20,22);1H. The van der Waals surface area contributed by atoms with Crippen molar-refractivity contribution in [3.63, 3.8) is 0 Å². The maximum absolute atomic E-state index is 12.7. The predicted octanol–water partition coefficient (Wildman–Crippen LogP) is 2.08. The molecule has 2 aromatic rings. The topological polar surface area (TPSA) is 88.6 Å². The van der Waals surface area contributed by atoms with Crippen molar-refractivity contribution in [3.05, 3.63) is 59.5 Å². The van der Waals surface area contributed by atoms with E-state index in [4.69, 9.17) is 10.2 Å². The third-order valence-electron chi connectivity index (χ3n) is 4.27. The van der Waals surface area contributed by atoms with Gasteiger partial charge in [-0.05, 0) is 42.7 Å². The molecular weight excluding hydrogens is 342 g/mol. The molecule has 1 aliphatic heterocycles. The molecule has 7 heteroatoms. The zero-order chi connectivity index (χ0) is 16.9. The first-order chi connectivity index (χ1) is 11.7. The number of hydrogen-bond donors (Lipinski definition) is 2. The smallest absolute Gasteiger partial charge is 0.254 e. The van der Waals surface area contributed by atoms with Gasteiger partial charge in [0.25, 0.3) is 5.91 Å². The molecule has 0 saturated carbocycles. The van der Waals surface area contributed by atoms with Crippen LogP contribution in [0.1, 0.15) is 34.5 Å². The Labute approximate surface area is 152 Å². The Kier molecular flexibility index (Phi) is 6.61. The van der Waals surface area contributed by atoms with Gasteiger partial charge in [0.15, 0.2) is 0 Å². The molecule has 3 rings (SSSR count). The van der Waals surface area contributed by atoms with Gasteiger partial charge in [-0.25, -0.2) is 0 Å². The highest BCUT2D eigenvalue weighted by atomic mass is 35.5. The van der Waals surface area contributed by atoms with Crippen LogP contribution in [0.4, 0.5) is 0 Å². The molecule has 2 amide bonds. The normalized spacial score (nSPS) is 16.4. The van der Waals surface area contributed by atoms with Gasteiger partial charge in [0.2, 0.25) is 5.91 Å². The third kappa shape index (κ3) is 4.41. The molecule has 1 unspecified atom stereocenters. The molecule has 1 fully saturated rings. The van der Waals surface area contributed by atoms with E-state index in [2.05, 4.69) is 5.32 Å². The van der Waals surface area contributed by atoms with Crippen LogP contribution in [0.2, 0.25) is 0 Å². The molecule has 0 aliphatic carbocycles. The molecule has 1 aliphatic rings. The van der Waals surface area contributed by atoms with Crippen molar-refractivity contribution in [1.82, 2.24) is 10.2 Å².